The number of phenols is 2. The molecule has 0 heterocycles. The molecule has 1 rings (SSSR count). The number of carbonyl (C=O) groups is 1. The first-order chi connectivity index (χ1) is 15.0. The van der Waals surface area contributed by atoms with E-state index >= 15 is 0 Å². The first-order valence-corrected chi connectivity index (χ1v) is 11.1. The predicted molar refractivity (Wildman–Crippen MR) is 130 cm³/mol. The van der Waals surface area contributed by atoms with E-state index in [1.165, 1.54) is 11.1 Å². The summed E-state index contributed by atoms with van der Waals surface area (Å²) in [4.78, 5) is 11.4. The van der Waals surface area contributed by atoms with Crippen LogP contribution in [0.2, 0.25) is 0 Å². The van der Waals surface area contributed by atoms with Crippen LogP contribution >= 0.6 is 0 Å². The second-order valence-electron chi connectivity index (χ2n) is 8.59. The smallest absolute Gasteiger partial charge is 0.331 e. The number of phenolic OH excluding ortho intramolecular Hbond substituents is 2. The number of hydrogen-bond acceptors (Lipinski definition) is 4. The number of aryl methyl sites for hydroxylation is 1. The van der Waals surface area contributed by atoms with Gasteiger partial charge in [0.25, 0.3) is 0 Å². The number of benzene rings is 1. The van der Waals surface area contributed by atoms with Gasteiger partial charge in [-0.05, 0) is 90.3 Å². The Bertz CT molecular complexity index is 890. The zero-order valence-corrected chi connectivity index (χ0v) is 19.8. The molecule has 0 fully saturated rings. The van der Waals surface area contributed by atoms with Crippen LogP contribution in [-0.4, -0.2) is 32.5 Å². The number of rotatable bonds is 13. The fourth-order valence-corrected chi connectivity index (χ4v) is 3.33. The van der Waals surface area contributed by atoms with Crippen molar-refractivity contribution in [3.8, 4) is 11.5 Å². The number of allylic oxidation sites excluding steroid dienone is 5. The van der Waals surface area contributed by atoms with Crippen LogP contribution < -0.4 is 0 Å². The number of carboxylic acid groups (broad SMARTS) is 1. The molecular weight excluding hydrogens is 404 g/mol. The third-order valence-electron chi connectivity index (χ3n) is 5.53. The van der Waals surface area contributed by atoms with Gasteiger partial charge in [-0.3, -0.25) is 0 Å². The van der Waals surface area contributed by atoms with Crippen molar-refractivity contribution in [1.82, 2.24) is 0 Å². The Morgan fingerprint density at radius 1 is 1.00 bits per heavy atom. The molecule has 176 valence electrons. The highest BCUT2D eigenvalue weighted by Gasteiger charge is 2.11. The van der Waals surface area contributed by atoms with Gasteiger partial charge in [0.15, 0.2) is 0 Å². The second-order valence-corrected chi connectivity index (χ2v) is 8.59. The molecule has 0 aliphatic carbocycles. The van der Waals surface area contributed by atoms with Gasteiger partial charge in [-0.1, -0.05) is 41.5 Å². The van der Waals surface area contributed by atoms with Gasteiger partial charge in [0.1, 0.15) is 11.5 Å². The number of carboxylic acids is 1. The molecule has 0 bridgehead atoms. The van der Waals surface area contributed by atoms with Gasteiger partial charge in [0.05, 0.1) is 6.10 Å². The van der Waals surface area contributed by atoms with Crippen LogP contribution in [0.1, 0.15) is 70.4 Å². The van der Waals surface area contributed by atoms with Crippen molar-refractivity contribution >= 4 is 5.97 Å². The molecule has 1 aromatic carbocycles. The largest absolute Gasteiger partial charge is 0.508 e. The average Bonchev–Trinajstić information content (AvgIpc) is 2.71. The lowest BCUT2D eigenvalue weighted by atomic mass is 10.0. The standard InChI is InChI=1S/C27H38O5/c1-18(2)25(29)15-14-22(27(31)32)11-7-10-19(3)8-6-9-20(4)12-13-23-17-24(28)16-21(5)26(23)30/h8,11-12,16-17,25,28-30H,1,6-7,9-10,13-15H2,2-5H3,(H,31,32)/b19-8+,20-12+,22-11-. The molecule has 0 saturated heterocycles. The van der Waals surface area contributed by atoms with Gasteiger partial charge in [-0.2, -0.15) is 0 Å². The molecule has 32 heavy (non-hydrogen) atoms. The Hall–Kier alpha value is -2.79. The maximum absolute atomic E-state index is 11.4. The molecule has 0 radical (unpaired) electrons. The summed E-state index contributed by atoms with van der Waals surface area (Å²) in [6.07, 6.45) is 9.80. The third-order valence-corrected chi connectivity index (χ3v) is 5.53. The topological polar surface area (TPSA) is 98.0 Å². The minimum atomic E-state index is -0.936. The van der Waals surface area contributed by atoms with E-state index in [1.807, 2.05) is 6.92 Å². The lowest BCUT2D eigenvalue weighted by Crippen LogP contribution is -2.10. The molecular formula is C27H38O5. The van der Waals surface area contributed by atoms with Gasteiger partial charge < -0.3 is 20.4 Å². The first kappa shape index (κ1) is 27.2. The van der Waals surface area contributed by atoms with Crippen molar-refractivity contribution in [1.29, 1.82) is 0 Å². The highest BCUT2D eigenvalue weighted by molar-refractivity contribution is 5.86. The lowest BCUT2D eigenvalue weighted by molar-refractivity contribution is -0.132. The summed E-state index contributed by atoms with van der Waals surface area (Å²) in [5.41, 5.74) is 4.77. The molecule has 5 heteroatoms. The number of aliphatic carboxylic acids is 1. The maximum atomic E-state index is 11.4. The van der Waals surface area contributed by atoms with Crippen LogP contribution in [-0.2, 0) is 11.2 Å². The summed E-state index contributed by atoms with van der Waals surface area (Å²) >= 11 is 0. The summed E-state index contributed by atoms with van der Waals surface area (Å²) in [5, 5.41) is 39.0. The van der Waals surface area contributed by atoms with Gasteiger partial charge in [-0.15, -0.1) is 0 Å². The third kappa shape index (κ3) is 10.0. The van der Waals surface area contributed by atoms with Crippen molar-refractivity contribution in [3.63, 3.8) is 0 Å². The monoisotopic (exact) mass is 442 g/mol. The lowest BCUT2D eigenvalue weighted by Gasteiger charge is -2.10. The molecule has 0 aliphatic heterocycles. The first-order valence-electron chi connectivity index (χ1n) is 11.1. The van der Waals surface area contributed by atoms with Crippen LogP contribution in [0.4, 0.5) is 0 Å². The van der Waals surface area contributed by atoms with Gasteiger partial charge in [0, 0.05) is 11.1 Å². The van der Waals surface area contributed by atoms with Crippen LogP contribution in [0.15, 0.2) is 59.2 Å². The summed E-state index contributed by atoms with van der Waals surface area (Å²) in [7, 11) is 0. The fraction of sp³-hybridized carbons (Fsp3) is 0.444. The number of aromatic hydroxyl groups is 2. The Kier molecular flexibility index (Phi) is 11.6. The molecule has 1 aromatic rings. The van der Waals surface area contributed by atoms with Crippen LogP contribution in [0, 0.1) is 6.92 Å². The molecule has 0 saturated carbocycles. The fourth-order valence-electron chi connectivity index (χ4n) is 3.33. The van der Waals surface area contributed by atoms with Crippen molar-refractivity contribution in [2.45, 2.75) is 78.7 Å². The van der Waals surface area contributed by atoms with Gasteiger partial charge in [0.2, 0.25) is 0 Å². The Labute approximate surface area is 192 Å². The van der Waals surface area contributed by atoms with E-state index in [-0.39, 0.29) is 11.5 Å². The Morgan fingerprint density at radius 2 is 1.59 bits per heavy atom. The zero-order valence-electron chi connectivity index (χ0n) is 19.8. The van der Waals surface area contributed by atoms with Crippen LogP contribution in [0.3, 0.4) is 0 Å². The van der Waals surface area contributed by atoms with Crippen LogP contribution in [0.25, 0.3) is 0 Å². The summed E-state index contributed by atoms with van der Waals surface area (Å²) < 4.78 is 0. The van der Waals surface area contributed by atoms with E-state index in [0.717, 1.165) is 19.3 Å². The van der Waals surface area contributed by atoms with Crippen LogP contribution in [0.5, 0.6) is 11.5 Å². The minimum Gasteiger partial charge on any atom is -0.508 e. The number of aliphatic hydroxyl groups excluding tert-OH is 1. The summed E-state index contributed by atoms with van der Waals surface area (Å²) in [6.45, 7) is 11.3. The maximum Gasteiger partial charge on any atom is 0.331 e. The van der Waals surface area contributed by atoms with Gasteiger partial charge >= 0.3 is 5.97 Å². The number of aliphatic hydroxyl groups is 1. The van der Waals surface area contributed by atoms with Crippen molar-refractivity contribution in [2.75, 3.05) is 0 Å². The highest BCUT2D eigenvalue weighted by atomic mass is 16.4. The minimum absolute atomic E-state index is 0.159. The second kappa shape index (κ2) is 13.6. The molecule has 0 amide bonds. The molecule has 1 unspecified atom stereocenters. The van der Waals surface area contributed by atoms with E-state index < -0.39 is 12.1 Å². The molecule has 0 aliphatic rings. The van der Waals surface area contributed by atoms with E-state index in [4.69, 9.17) is 0 Å². The SMILES string of the molecule is C=C(C)C(O)CC/C(=C/CC/C(C)=C/CC/C(C)=C/Cc1cc(O)cc(C)c1O)C(=O)O. The van der Waals surface area contributed by atoms with Crippen molar-refractivity contribution < 1.29 is 25.2 Å². The van der Waals surface area contributed by atoms with E-state index in [0.29, 0.717) is 48.0 Å². The molecule has 5 nitrogen and oxygen atoms in total. The van der Waals surface area contributed by atoms with Crippen molar-refractivity contribution in [2.24, 2.45) is 0 Å². The molecule has 0 spiro atoms. The summed E-state index contributed by atoms with van der Waals surface area (Å²) in [5.74, 6) is -0.549. The zero-order chi connectivity index (χ0) is 24.3. The average molecular weight is 443 g/mol. The number of hydrogen-bond donors (Lipinski definition) is 4. The van der Waals surface area contributed by atoms with E-state index in [1.54, 1.807) is 32.1 Å². The summed E-state index contributed by atoms with van der Waals surface area (Å²) in [6, 6.07) is 3.14. The predicted octanol–water partition coefficient (Wildman–Crippen LogP) is 6.13. The molecule has 1 atom stereocenters. The highest BCUT2D eigenvalue weighted by Crippen LogP contribution is 2.28. The van der Waals surface area contributed by atoms with Crippen molar-refractivity contribution in [3.05, 3.63) is 70.4 Å². The normalized spacial score (nSPS) is 13.8. The van der Waals surface area contributed by atoms with Gasteiger partial charge in [-0.25, -0.2) is 4.79 Å². The quantitative estimate of drug-likeness (QED) is 0.167. The molecule has 4 N–H and O–H groups in total. The Morgan fingerprint density at radius 3 is 2.19 bits per heavy atom. The van der Waals surface area contributed by atoms with E-state index in [2.05, 4.69) is 25.7 Å². The van der Waals surface area contributed by atoms with E-state index in [9.17, 15) is 25.2 Å². The molecule has 0 aromatic heterocycles. The Balaban J connectivity index is 2.51.